The molecule has 1 aromatic carbocycles. The number of nitrogens with one attached hydrogen (secondary N) is 1. The molecule has 0 radical (unpaired) electrons. The topological polar surface area (TPSA) is 21.3 Å². The molecule has 21 heavy (non-hydrogen) atoms. The first-order valence-electron chi connectivity index (χ1n) is 8.30. The largest absolute Gasteiger partial charge is 0.491 e. The van der Waals surface area contributed by atoms with Gasteiger partial charge in [0.15, 0.2) is 0 Å². The van der Waals surface area contributed by atoms with Crippen molar-refractivity contribution in [2.24, 2.45) is 17.8 Å². The highest BCUT2D eigenvalue weighted by Gasteiger charge is 2.35. The molecule has 0 amide bonds. The summed E-state index contributed by atoms with van der Waals surface area (Å²) in [6.07, 6.45) is 7.81. The minimum absolute atomic E-state index is 0.217. The highest BCUT2D eigenvalue weighted by atomic mass is 16.5. The fourth-order valence-corrected chi connectivity index (χ4v) is 3.77. The van der Waals surface area contributed by atoms with Crippen LogP contribution in [0.5, 0.6) is 5.75 Å². The van der Waals surface area contributed by atoms with Crippen LogP contribution < -0.4 is 10.1 Å². The van der Waals surface area contributed by atoms with Gasteiger partial charge in [0.05, 0.1) is 6.10 Å². The first kappa shape index (κ1) is 14.6. The molecule has 2 aliphatic rings. The van der Waals surface area contributed by atoms with Crippen molar-refractivity contribution in [1.82, 2.24) is 5.32 Å². The third kappa shape index (κ3) is 3.32. The Balaban J connectivity index is 1.60. The molecule has 1 aromatic rings. The molecule has 1 saturated carbocycles. The zero-order chi connectivity index (χ0) is 14.8. The molecule has 114 valence electrons. The molecule has 0 spiro atoms. The molecule has 0 heterocycles. The zero-order valence-corrected chi connectivity index (χ0v) is 13.4. The number of ether oxygens (including phenoxy) is 1. The van der Waals surface area contributed by atoms with E-state index in [9.17, 15) is 0 Å². The number of benzene rings is 1. The van der Waals surface area contributed by atoms with Gasteiger partial charge in [-0.3, -0.25) is 0 Å². The minimum atomic E-state index is 0.217. The van der Waals surface area contributed by atoms with E-state index in [1.54, 1.807) is 0 Å². The molecule has 1 fully saturated rings. The van der Waals surface area contributed by atoms with Gasteiger partial charge in [-0.2, -0.15) is 0 Å². The van der Waals surface area contributed by atoms with Crippen LogP contribution in [0.2, 0.25) is 0 Å². The lowest BCUT2D eigenvalue weighted by Crippen LogP contribution is -2.28. The Labute approximate surface area is 128 Å². The summed E-state index contributed by atoms with van der Waals surface area (Å²) in [5, 5.41) is 3.73. The van der Waals surface area contributed by atoms with E-state index >= 15 is 0 Å². The normalized spacial score (nSPS) is 28.3. The van der Waals surface area contributed by atoms with Crippen LogP contribution in [0.3, 0.4) is 0 Å². The van der Waals surface area contributed by atoms with Crippen molar-refractivity contribution in [3.63, 3.8) is 0 Å². The number of allylic oxidation sites excluding steroid dienone is 2. The van der Waals surface area contributed by atoms with E-state index in [0.29, 0.717) is 6.04 Å². The van der Waals surface area contributed by atoms with Crippen LogP contribution in [0.4, 0.5) is 0 Å². The van der Waals surface area contributed by atoms with E-state index in [4.69, 9.17) is 4.74 Å². The van der Waals surface area contributed by atoms with Crippen LogP contribution in [-0.2, 0) is 0 Å². The fourth-order valence-electron chi connectivity index (χ4n) is 3.77. The van der Waals surface area contributed by atoms with Crippen LogP contribution in [-0.4, -0.2) is 12.6 Å². The summed E-state index contributed by atoms with van der Waals surface area (Å²) in [5.41, 5.74) is 1.27. The van der Waals surface area contributed by atoms with E-state index < -0.39 is 0 Å². The third-order valence-electron chi connectivity index (χ3n) is 4.85. The predicted molar refractivity (Wildman–Crippen MR) is 87.5 cm³/mol. The summed E-state index contributed by atoms with van der Waals surface area (Å²) in [6, 6.07) is 8.74. The van der Waals surface area contributed by atoms with Gasteiger partial charge in [0, 0.05) is 11.6 Å². The van der Waals surface area contributed by atoms with E-state index in [0.717, 1.165) is 30.0 Å². The third-order valence-corrected chi connectivity index (χ3v) is 4.85. The van der Waals surface area contributed by atoms with Crippen LogP contribution in [0, 0.1) is 17.8 Å². The first-order valence-corrected chi connectivity index (χ1v) is 8.30. The van der Waals surface area contributed by atoms with Crippen LogP contribution in [0.25, 0.3) is 0 Å². The lowest BCUT2D eigenvalue weighted by atomic mass is 9.93. The zero-order valence-electron chi connectivity index (χ0n) is 13.4. The van der Waals surface area contributed by atoms with Crippen molar-refractivity contribution in [2.45, 2.75) is 45.8 Å². The first-order chi connectivity index (χ1) is 10.1. The molecule has 1 N–H and O–H groups in total. The lowest BCUT2D eigenvalue weighted by molar-refractivity contribution is 0.237. The molecule has 0 aliphatic heterocycles. The van der Waals surface area contributed by atoms with Crippen molar-refractivity contribution in [3.05, 3.63) is 42.0 Å². The Hall–Kier alpha value is -1.28. The van der Waals surface area contributed by atoms with Gasteiger partial charge < -0.3 is 10.1 Å². The van der Waals surface area contributed by atoms with Gasteiger partial charge in [-0.1, -0.05) is 30.4 Å². The summed E-state index contributed by atoms with van der Waals surface area (Å²) >= 11 is 0. The maximum absolute atomic E-state index is 5.94. The maximum atomic E-state index is 5.94. The summed E-state index contributed by atoms with van der Waals surface area (Å²) < 4.78 is 5.94. The summed E-state index contributed by atoms with van der Waals surface area (Å²) in [7, 11) is 0. The van der Waals surface area contributed by atoms with Crippen LogP contribution in [0.1, 0.15) is 45.2 Å². The van der Waals surface area contributed by atoms with E-state index in [1.165, 1.54) is 18.4 Å². The monoisotopic (exact) mass is 285 g/mol. The van der Waals surface area contributed by atoms with Crippen molar-refractivity contribution < 1.29 is 4.74 Å². The van der Waals surface area contributed by atoms with E-state index in [2.05, 4.69) is 62.5 Å². The number of hydrogen-bond acceptors (Lipinski definition) is 2. The van der Waals surface area contributed by atoms with Crippen LogP contribution >= 0.6 is 0 Å². The molecular weight excluding hydrogens is 258 g/mol. The number of hydrogen-bond donors (Lipinski definition) is 1. The average Bonchev–Trinajstić information content (AvgIpc) is 3.07. The smallest absolute Gasteiger partial charge is 0.124 e. The van der Waals surface area contributed by atoms with Crippen molar-refractivity contribution >= 4 is 0 Å². The molecule has 3 rings (SSSR count). The second-order valence-corrected chi connectivity index (χ2v) is 6.87. The summed E-state index contributed by atoms with van der Waals surface area (Å²) in [4.78, 5) is 0. The molecular formula is C19H27NO. The van der Waals surface area contributed by atoms with E-state index in [-0.39, 0.29) is 6.10 Å². The predicted octanol–water partition coefficient (Wildman–Crippen LogP) is 4.34. The molecule has 2 bridgehead atoms. The number of para-hydroxylation sites is 1. The van der Waals surface area contributed by atoms with Gasteiger partial charge in [-0.05, 0) is 64.0 Å². The summed E-state index contributed by atoms with van der Waals surface area (Å²) in [6.45, 7) is 7.52. The fraction of sp³-hybridized carbons (Fsp3) is 0.579. The van der Waals surface area contributed by atoms with E-state index in [1.807, 2.05) is 0 Å². The Morgan fingerprint density at radius 2 is 1.95 bits per heavy atom. The molecule has 4 unspecified atom stereocenters. The molecule has 2 nitrogen and oxygen atoms in total. The maximum Gasteiger partial charge on any atom is 0.124 e. The second kappa shape index (κ2) is 6.23. The highest BCUT2D eigenvalue weighted by molar-refractivity contribution is 5.35. The molecule has 0 aromatic heterocycles. The van der Waals surface area contributed by atoms with Gasteiger partial charge in [-0.25, -0.2) is 0 Å². The highest BCUT2D eigenvalue weighted by Crippen LogP contribution is 2.43. The average molecular weight is 285 g/mol. The summed E-state index contributed by atoms with van der Waals surface area (Å²) in [5.74, 6) is 3.51. The minimum Gasteiger partial charge on any atom is -0.491 e. The van der Waals surface area contributed by atoms with Gasteiger partial charge >= 0.3 is 0 Å². The molecule has 2 heteroatoms. The van der Waals surface area contributed by atoms with Crippen molar-refractivity contribution in [3.8, 4) is 5.75 Å². The van der Waals surface area contributed by atoms with Gasteiger partial charge in [0.2, 0.25) is 0 Å². The molecule has 0 saturated heterocycles. The van der Waals surface area contributed by atoms with Crippen molar-refractivity contribution in [1.29, 1.82) is 0 Å². The Kier molecular flexibility index (Phi) is 4.34. The van der Waals surface area contributed by atoms with Crippen molar-refractivity contribution in [2.75, 3.05) is 6.54 Å². The van der Waals surface area contributed by atoms with Gasteiger partial charge in [-0.15, -0.1) is 0 Å². The quantitative estimate of drug-likeness (QED) is 0.785. The van der Waals surface area contributed by atoms with Gasteiger partial charge in [0.25, 0.3) is 0 Å². The molecule has 4 atom stereocenters. The molecule has 2 aliphatic carbocycles. The number of rotatable bonds is 6. The Morgan fingerprint density at radius 1 is 1.14 bits per heavy atom. The lowest BCUT2D eigenvalue weighted by Gasteiger charge is -2.24. The van der Waals surface area contributed by atoms with Crippen LogP contribution in [0.15, 0.2) is 36.4 Å². The Morgan fingerprint density at radius 3 is 2.62 bits per heavy atom. The number of fused-ring (bicyclic) bond motifs is 2. The SMILES string of the molecule is CC(C)Oc1ccccc1C(C)NCC1CC2C=CC1C2. The second-order valence-electron chi connectivity index (χ2n) is 6.87. The Bertz CT molecular complexity index is 508. The standard InChI is InChI=1S/C19H27NO/c1-13(2)21-19-7-5-4-6-18(19)14(3)20-12-17-11-15-8-9-16(17)10-15/h4-9,13-17,20H,10-12H2,1-3H3. The van der Waals surface area contributed by atoms with Gasteiger partial charge in [0.1, 0.15) is 5.75 Å².